The Labute approximate surface area is 202 Å². The molecule has 35 heavy (non-hydrogen) atoms. The highest BCUT2D eigenvalue weighted by Crippen LogP contribution is 2.35. The van der Waals surface area contributed by atoms with Crippen LogP contribution in [0.3, 0.4) is 0 Å². The van der Waals surface area contributed by atoms with E-state index in [9.17, 15) is 4.79 Å². The highest BCUT2D eigenvalue weighted by Gasteiger charge is 2.19. The second-order valence-corrected chi connectivity index (χ2v) is 7.34. The van der Waals surface area contributed by atoms with Crippen LogP contribution in [0.15, 0.2) is 78.1 Å². The summed E-state index contributed by atoms with van der Waals surface area (Å²) in [5, 5.41) is 5.83. The minimum Gasteiger partial charge on any atom is -0.493 e. The van der Waals surface area contributed by atoms with Gasteiger partial charge in [0.15, 0.2) is 23.0 Å². The molecule has 1 aromatic heterocycles. The third kappa shape index (κ3) is 4.86. The van der Waals surface area contributed by atoms with E-state index in [0.717, 1.165) is 10.8 Å². The maximum atomic E-state index is 12.7. The van der Waals surface area contributed by atoms with E-state index in [1.165, 1.54) is 0 Å². The first kappa shape index (κ1) is 23.6. The molecule has 0 saturated heterocycles. The first-order valence-electron chi connectivity index (χ1n) is 10.7. The standard InChI is InChI=1S/C27H24N2O6/c1-31-21-11-10-19(15-22(21)32-2)25(29-35-27(30)17-8-6-5-7-9-17)26-20-16-24(34-4)23(33-3)14-18(20)12-13-28-26/h5-16H,1-4H3/b29-25+. The van der Waals surface area contributed by atoms with Crippen molar-refractivity contribution in [2.45, 2.75) is 0 Å². The van der Waals surface area contributed by atoms with Gasteiger partial charge in [-0.25, -0.2) is 4.79 Å². The van der Waals surface area contributed by atoms with Crippen LogP contribution in [0, 0.1) is 0 Å². The molecule has 178 valence electrons. The molecule has 0 atom stereocenters. The van der Waals surface area contributed by atoms with Gasteiger partial charge < -0.3 is 23.8 Å². The van der Waals surface area contributed by atoms with Crippen molar-refractivity contribution < 1.29 is 28.6 Å². The lowest BCUT2D eigenvalue weighted by molar-refractivity contribution is 0.0517. The number of carbonyl (C=O) groups excluding carboxylic acids is 1. The summed E-state index contributed by atoms with van der Waals surface area (Å²) in [7, 11) is 6.23. The van der Waals surface area contributed by atoms with Gasteiger partial charge in [0.25, 0.3) is 0 Å². The quantitative estimate of drug-likeness (QED) is 0.205. The highest BCUT2D eigenvalue weighted by molar-refractivity contribution is 6.18. The molecule has 0 unspecified atom stereocenters. The minimum atomic E-state index is -0.594. The van der Waals surface area contributed by atoms with Gasteiger partial charge in [-0.3, -0.25) is 4.98 Å². The molecule has 8 heteroatoms. The second-order valence-electron chi connectivity index (χ2n) is 7.34. The summed E-state index contributed by atoms with van der Waals surface area (Å²) in [4.78, 5) is 22.6. The van der Waals surface area contributed by atoms with Gasteiger partial charge in [-0.1, -0.05) is 23.4 Å². The van der Waals surface area contributed by atoms with Crippen molar-refractivity contribution in [3.63, 3.8) is 0 Å². The number of carbonyl (C=O) groups is 1. The number of benzene rings is 3. The van der Waals surface area contributed by atoms with Crippen LogP contribution in [0.25, 0.3) is 10.8 Å². The van der Waals surface area contributed by atoms with Crippen molar-refractivity contribution in [1.82, 2.24) is 4.98 Å². The lowest BCUT2D eigenvalue weighted by Gasteiger charge is -2.14. The first-order valence-corrected chi connectivity index (χ1v) is 10.7. The largest absolute Gasteiger partial charge is 0.493 e. The molecule has 0 saturated carbocycles. The number of methoxy groups -OCH3 is 4. The molecule has 0 radical (unpaired) electrons. The van der Waals surface area contributed by atoms with E-state index in [1.807, 2.05) is 24.3 Å². The van der Waals surface area contributed by atoms with Crippen molar-refractivity contribution in [3.05, 3.63) is 89.7 Å². The number of nitrogens with zero attached hydrogens (tertiary/aromatic N) is 2. The zero-order chi connectivity index (χ0) is 24.8. The van der Waals surface area contributed by atoms with E-state index in [2.05, 4.69) is 10.1 Å². The monoisotopic (exact) mass is 472 g/mol. The van der Waals surface area contributed by atoms with Crippen molar-refractivity contribution >= 4 is 22.5 Å². The van der Waals surface area contributed by atoms with Gasteiger partial charge in [-0.2, -0.15) is 0 Å². The SMILES string of the molecule is COc1ccc(/C(=N\OC(=O)c2ccccc2)c2nccc3cc(OC)c(OC)cc23)cc1OC. The molecule has 0 spiro atoms. The normalized spacial score (nSPS) is 11.1. The summed E-state index contributed by atoms with van der Waals surface area (Å²) >= 11 is 0. The number of rotatable bonds is 8. The number of hydrogen-bond acceptors (Lipinski definition) is 8. The maximum absolute atomic E-state index is 12.7. The molecule has 0 aliphatic carbocycles. The maximum Gasteiger partial charge on any atom is 0.365 e. The van der Waals surface area contributed by atoms with Crippen LogP contribution in [0.1, 0.15) is 21.6 Å². The zero-order valence-corrected chi connectivity index (χ0v) is 19.8. The van der Waals surface area contributed by atoms with Crippen LogP contribution in [0.5, 0.6) is 23.0 Å². The van der Waals surface area contributed by atoms with E-state index < -0.39 is 5.97 Å². The molecule has 1 heterocycles. The fraction of sp³-hybridized carbons (Fsp3) is 0.148. The van der Waals surface area contributed by atoms with Crippen molar-refractivity contribution in [2.24, 2.45) is 5.16 Å². The number of pyridine rings is 1. The molecular weight excluding hydrogens is 448 g/mol. The average Bonchev–Trinajstić information content (AvgIpc) is 2.92. The van der Waals surface area contributed by atoms with Crippen LogP contribution >= 0.6 is 0 Å². The van der Waals surface area contributed by atoms with Crippen LogP contribution < -0.4 is 18.9 Å². The molecule has 0 N–H and O–H groups in total. The summed E-state index contributed by atoms with van der Waals surface area (Å²) in [5.41, 5.74) is 1.79. The summed E-state index contributed by atoms with van der Waals surface area (Å²) in [6, 6.07) is 19.4. The molecule has 3 aromatic carbocycles. The Bertz CT molecular complexity index is 1390. The Hall–Kier alpha value is -4.59. The van der Waals surface area contributed by atoms with Crippen LogP contribution in [-0.2, 0) is 4.84 Å². The molecule has 0 aliphatic rings. The minimum absolute atomic E-state index is 0.327. The number of oxime groups is 1. The number of fused-ring (bicyclic) bond motifs is 1. The predicted molar refractivity (Wildman–Crippen MR) is 132 cm³/mol. The van der Waals surface area contributed by atoms with Gasteiger partial charge >= 0.3 is 5.97 Å². The molecule has 0 amide bonds. The molecule has 0 bridgehead atoms. The lowest BCUT2D eigenvalue weighted by Crippen LogP contribution is -2.11. The van der Waals surface area contributed by atoms with E-state index in [-0.39, 0.29) is 0 Å². The van der Waals surface area contributed by atoms with Crippen molar-refractivity contribution in [1.29, 1.82) is 0 Å². The van der Waals surface area contributed by atoms with Crippen molar-refractivity contribution in [3.8, 4) is 23.0 Å². The van der Waals surface area contributed by atoms with Crippen LogP contribution in [0.4, 0.5) is 0 Å². The summed E-state index contributed by atoms with van der Waals surface area (Å²) in [6.07, 6.45) is 1.65. The van der Waals surface area contributed by atoms with Gasteiger partial charge in [0.05, 0.1) is 34.0 Å². The fourth-order valence-corrected chi connectivity index (χ4v) is 3.62. The zero-order valence-electron chi connectivity index (χ0n) is 19.8. The van der Waals surface area contributed by atoms with Gasteiger partial charge in [0.2, 0.25) is 0 Å². The van der Waals surface area contributed by atoms with E-state index in [1.54, 1.807) is 77.1 Å². The van der Waals surface area contributed by atoms with Gasteiger partial charge in [-0.05, 0) is 53.9 Å². The predicted octanol–water partition coefficient (Wildman–Crippen LogP) is 4.88. The Morgan fingerprint density at radius 3 is 2.06 bits per heavy atom. The number of aromatic nitrogens is 1. The average molecular weight is 472 g/mol. The van der Waals surface area contributed by atoms with E-state index in [0.29, 0.717) is 45.5 Å². The Morgan fingerprint density at radius 1 is 0.714 bits per heavy atom. The number of ether oxygens (including phenoxy) is 4. The van der Waals surface area contributed by atoms with Crippen LogP contribution in [-0.4, -0.2) is 45.1 Å². The second kappa shape index (κ2) is 10.6. The van der Waals surface area contributed by atoms with Gasteiger partial charge in [-0.15, -0.1) is 0 Å². The molecular formula is C27H24N2O6. The summed E-state index contributed by atoms with van der Waals surface area (Å²) in [6.45, 7) is 0. The molecule has 0 fully saturated rings. The molecule has 0 aliphatic heterocycles. The lowest BCUT2D eigenvalue weighted by atomic mass is 10.0. The van der Waals surface area contributed by atoms with Crippen LogP contribution in [0.2, 0.25) is 0 Å². The van der Waals surface area contributed by atoms with Crippen molar-refractivity contribution in [2.75, 3.05) is 28.4 Å². The van der Waals surface area contributed by atoms with Gasteiger partial charge in [0, 0.05) is 17.1 Å². The molecule has 8 nitrogen and oxygen atoms in total. The Kier molecular flexibility index (Phi) is 7.11. The smallest absolute Gasteiger partial charge is 0.365 e. The Morgan fingerprint density at radius 2 is 1.37 bits per heavy atom. The third-order valence-corrected chi connectivity index (χ3v) is 5.38. The summed E-state index contributed by atoms with van der Waals surface area (Å²) in [5.74, 6) is 1.56. The first-order chi connectivity index (χ1) is 17.1. The Balaban J connectivity index is 1.89. The van der Waals surface area contributed by atoms with E-state index >= 15 is 0 Å². The third-order valence-electron chi connectivity index (χ3n) is 5.38. The van der Waals surface area contributed by atoms with Gasteiger partial charge in [0.1, 0.15) is 11.4 Å². The molecule has 4 aromatic rings. The number of hydrogen-bond donors (Lipinski definition) is 0. The molecule has 4 rings (SSSR count). The highest BCUT2D eigenvalue weighted by atomic mass is 16.7. The topological polar surface area (TPSA) is 88.5 Å². The van der Waals surface area contributed by atoms with E-state index in [4.69, 9.17) is 23.8 Å². The summed E-state index contributed by atoms with van der Waals surface area (Å²) < 4.78 is 21.8. The fourth-order valence-electron chi connectivity index (χ4n) is 3.62.